The van der Waals surface area contributed by atoms with E-state index in [0.717, 1.165) is 30.8 Å². The van der Waals surface area contributed by atoms with E-state index in [1.165, 1.54) is 16.9 Å². The van der Waals surface area contributed by atoms with Crippen LogP contribution < -0.4 is 9.04 Å². The molecule has 0 bridgehead atoms. The number of aliphatic hydroxyl groups is 1. The second-order valence-electron chi connectivity index (χ2n) is 7.49. The second-order valence-corrected chi connectivity index (χ2v) is 9.94. The topological polar surface area (TPSA) is 70.1 Å². The third kappa shape index (κ3) is 6.09. The molecule has 29 heavy (non-hydrogen) atoms. The van der Waals surface area contributed by atoms with Gasteiger partial charge in [0.2, 0.25) is 10.0 Å². The van der Waals surface area contributed by atoms with Gasteiger partial charge < -0.3 is 14.7 Å². The molecule has 0 amide bonds. The molecule has 1 heterocycles. The summed E-state index contributed by atoms with van der Waals surface area (Å²) < 4.78 is 30.0. The summed E-state index contributed by atoms with van der Waals surface area (Å²) in [4.78, 5) is 2.24. The van der Waals surface area contributed by atoms with Crippen molar-refractivity contribution in [2.75, 3.05) is 43.8 Å². The number of sulfonamides is 1. The van der Waals surface area contributed by atoms with E-state index in [-0.39, 0.29) is 6.61 Å². The Morgan fingerprint density at radius 2 is 2.00 bits per heavy atom. The zero-order chi connectivity index (χ0) is 21.0. The van der Waals surface area contributed by atoms with E-state index < -0.39 is 16.1 Å². The number of likely N-dealkylation sites (tertiary alicyclic amines) is 1. The van der Waals surface area contributed by atoms with Crippen molar-refractivity contribution in [2.45, 2.75) is 18.4 Å². The molecule has 1 fully saturated rings. The molecule has 0 saturated carbocycles. The highest BCUT2D eigenvalue weighted by molar-refractivity contribution is 7.92. The van der Waals surface area contributed by atoms with Gasteiger partial charge in [0.1, 0.15) is 18.5 Å². The lowest BCUT2D eigenvalue weighted by Gasteiger charge is -2.21. The number of nitrogens with zero attached hydrogens (tertiary/aromatic N) is 2. The summed E-state index contributed by atoms with van der Waals surface area (Å²) in [7, 11) is -1.79. The molecule has 2 aromatic carbocycles. The van der Waals surface area contributed by atoms with E-state index in [1.54, 1.807) is 24.3 Å². The standard InChI is InChI=1S/C21H27ClN2O4S/c1-23(29(2,26)27)19-6-8-21(9-7-19)28-15-20(25)14-24-11-10-17(13-24)16-4-3-5-18(22)12-16/h3-9,12,17,20,25H,10-11,13-15H2,1-2H3/t17-,20?/m1/s1. The number of halogens is 1. The lowest BCUT2D eigenvalue weighted by Crippen LogP contribution is -2.34. The lowest BCUT2D eigenvalue weighted by molar-refractivity contribution is 0.0754. The highest BCUT2D eigenvalue weighted by Crippen LogP contribution is 2.28. The lowest BCUT2D eigenvalue weighted by atomic mass is 9.99. The van der Waals surface area contributed by atoms with Crippen LogP contribution in [-0.2, 0) is 10.0 Å². The van der Waals surface area contributed by atoms with Crippen molar-refractivity contribution in [3.63, 3.8) is 0 Å². The van der Waals surface area contributed by atoms with Gasteiger partial charge in [-0.3, -0.25) is 4.31 Å². The Morgan fingerprint density at radius 3 is 2.66 bits per heavy atom. The van der Waals surface area contributed by atoms with Crippen molar-refractivity contribution in [3.8, 4) is 5.75 Å². The average molecular weight is 439 g/mol. The Bertz CT molecular complexity index is 921. The minimum atomic E-state index is -3.30. The fraction of sp³-hybridized carbons (Fsp3) is 0.429. The molecule has 2 atom stereocenters. The molecular formula is C21H27ClN2O4S. The maximum absolute atomic E-state index is 11.6. The van der Waals surface area contributed by atoms with Crippen LogP contribution in [0.5, 0.6) is 5.75 Å². The number of benzene rings is 2. The molecule has 6 nitrogen and oxygen atoms in total. The predicted octanol–water partition coefficient (Wildman–Crippen LogP) is 2.97. The van der Waals surface area contributed by atoms with Crippen LogP contribution in [0.1, 0.15) is 17.9 Å². The molecule has 0 aromatic heterocycles. The number of anilines is 1. The quantitative estimate of drug-likeness (QED) is 0.686. The number of rotatable bonds is 8. The maximum Gasteiger partial charge on any atom is 0.231 e. The van der Waals surface area contributed by atoms with Gasteiger partial charge in [0.15, 0.2) is 0 Å². The van der Waals surface area contributed by atoms with Crippen molar-refractivity contribution in [1.82, 2.24) is 4.90 Å². The summed E-state index contributed by atoms with van der Waals surface area (Å²) in [6.07, 6.45) is 1.60. The molecule has 1 aliphatic rings. The van der Waals surface area contributed by atoms with E-state index in [4.69, 9.17) is 16.3 Å². The first-order chi connectivity index (χ1) is 13.7. The Kier molecular flexibility index (Phi) is 7.05. The third-order valence-electron chi connectivity index (χ3n) is 5.20. The van der Waals surface area contributed by atoms with Gasteiger partial charge in [0.25, 0.3) is 0 Å². The van der Waals surface area contributed by atoms with Crippen LogP contribution >= 0.6 is 11.6 Å². The summed E-state index contributed by atoms with van der Waals surface area (Å²) in [5, 5.41) is 11.1. The van der Waals surface area contributed by atoms with Crippen molar-refractivity contribution >= 4 is 27.3 Å². The smallest absolute Gasteiger partial charge is 0.231 e. The largest absolute Gasteiger partial charge is 0.491 e. The van der Waals surface area contributed by atoms with E-state index in [2.05, 4.69) is 11.0 Å². The van der Waals surface area contributed by atoms with Crippen molar-refractivity contribution in [3.05, 3.63) is 59.1 Å². The zero-order valence-electron chi connectivity index (χ0n) is 16.7. The van der Waals surface area contributed by atoms with Crippen LogP contribution in [0.4, 0.5) is 5.69 Å². The summed E-state index contributed by atoms with van der Waals surface area (Å²) in [5.41, 5.74) is 1.80. The molecule has 2 aromatic rings. The SMILES string of the molecule is CN(c1ccc(OCC(O)CN2CC[C@@H](c3cccc(Cl)c3)C2)cc1)S(C)(=O)=O. The first-order valence-corrected chi connectivity index (χ1v) is 11.8. The number of aliphatic hydroxyl groups excluding tert-OH is 1. The van der Waals surface area contributed by atoms with Gasteiger partial charge in [-0.15, -0.1) is 0 Å². The molecule has 3 rings (SSSR count). The van der Waals surface area contributed by atoms with E-state index in [9.17, 15) is 13.5 Å². The Balaban J connectivity index is 1.46. The minimum Gasteiger partial charge on any atom is -0.491 e. The van der Waals surface area contributed by atoms with Gasteiger partial charge in [-0.2, -0.15) is 0 Å². The Labute approximate surface area is 177 Å². The van der Waals surface area contributed by atoms with E-state index in [0.29, 0.717) is 23.9 Å². The summed E-state index contributed by atoms with van der Waals surface area (Å²) >= 11 is 6.09. The molecule has 1 saturated heterocycles. The Morgan fingerprint density at radius 1 is 1.28 bits per heavy atom. The van der Waals surface area contributed by atoms with Gasteiger partial charge in [-0.25, -0.2) is 8.42 Å². The molecule has 0 spiro atoms. The Hall–Kier alpha value is -1.80. The van der Waals surface area contributed by atoms with Crippen LogP contribution in [0.25, 0.3) is 0 Å². The number of hydrogen-bond donors (Lipinski definition) is 1. The maximum atomic E-state index is 11.6. The predicted molar refractivity (Wildman–Crippen MR) is 116 cm³/mol. The van der Waals surface area contributed by atoms with Gasteiger partial charge in [-0.05, 0) is 60.8 Å². The van der Waals surface area contributed by atoms with Crippen LogP contribution in [-0.4, -0.2) is 64.1 Å². The highest BCUT2D eigenvalue weighted by Gasteiger charge is 2.25. The van der Waals surface area contributed by atoms with Crippen LogP contribution in [0.15, 0.2) is 48.5 Å². The molecule has 0 aliphatic carbocycles. The summed E-state index contributed by atoms with van der Waals surface area (Å²) in [6, 6.07) is 14.7. The second kappa shape index (κ2) is 9.34. The fourth-order valence-corrected chi connectivity index (χ4v) is 4.22. The van der Waals surface area contributed by atoms with Crippen LogP contribution in [0, 0.1) is 0 Å². The molecule has 158 valence electrons. The van der Waals surface area contributed by atoms with Crippen molar-refractivity contribution < 1.29 is 18.3 Å². The minimum absolute atomic E-state index is 0.180. The monoisotopic (exact) mass is 438 g/mol. The molecule has 1 N–H and O–H groups in total. The number of β-amino-alcohol motifs (C(OH)–C–C–N with tert-alkyl or cyclic N) is 1. The third-order valence-corrected chi connectivity index (χ3v) is 6.64. The summed E-state index contributed by atoms with van der Waals surface area (Å²) in [6.45, 7) is 2.55. The molecule has 0 radical (unpaired) electrons. The van der Waals surface area contributed by atoms with Gasteiger partial charge in [0.05, 0.1) is 11.9 Å². The van der Waals surface area contributed by atoms with Gasteiger partial charge in [0, 0.05) is 25.2 Å². The van der Waals surface area contributed by atoms with Gasteiger partial charge >= 0.3 is 0 Å². The van der Waals surface area contributed by atoms with Crippen LogP contribution in [0.2, 0.25) is 5.02 Å². The molecule has 1 unspecified atom stereocenters. The van der Waals surface area contributed by atoms with Crippen molar-refractivity contribution in [1.29, 1.82) is 0 Å². The molecular weight excluding hydrogens is 412 g/mol. The van der Waals surface area contributed by atoms with Crippen molar-refractivity contribution in [2.24, 2.45) is 0 Å². The van der Waals surface area contributed by atoms with Gasteiger partial charge in [-0.1, -0.05) is 23.7 Å². The fourth-order valence-electron chi connectivity index (χ4n) is 3.52. The van der Waals surface area contributed by atoms with Crippen LogP contribution in [0.3, 0.4) is 0 Å². The molecule has 8 heteroatoms. The van der Waals surface area contributed by atoms with E-state index in [1.807, 2.05) is 18.2 Å². The molecule has 1 aliphatic heterocycles. The number of hydrogen-bond acceptors (Lipinski definition) is 5. The zero-order valence-corrected chi connectivity index (χ0v) is 18.2. The first kappa shape index (κ1) is 21.9. The average Bonchev–Trinajstić information content (AvgIpc) is 3.14. The normalized spacial score (nSPS) is 18.6. The highest BCUT2D eigenvalue weighted by atomic mass is 35.5. The number of ether oxygens (including phenoxy) is 1. The first-order valence-electron chi connectivity index (χ1n) is 9.55. The summed E-state index contributed by atoms with van der Waals surface area (Å²) in [5.74, 6) is 1.02. The van der Waals surface area contributed by atoms with E-state index >= 15 is 0 Å².